The van der Waals surface area contributed by atoms with Crippen LogP contribution >= 0.6 is 22.7 Å². The number of hydrogen-bond donors (Lipinski definition) is 0. The average molecular weight is 351 g/mol. The Morgan fingerprint density at radius 2 is 1.96 bits per heavy atom. The molecule has 4 rings (SSSR count). The normalized spacial score (nSPS) is 16.0. The number of hydrogen-bond acceptors (Lipinski definition) is 5. The van der Waals surface area contributed by atoms with Crippen molar-refractivity contribution in [3.63, 3.8) is 0 Å². The van der Waals surface area contributed by atoms with Gasteiger partial charge in [-0.2, -0.15) is 21.4 Å². The molecule has 0 bridgehead atoms. The Kier molecular flexibility index (Phi) is 3.84. The summed E-state index contributed by atoms with van der Waals surface area (Å²) in [6.07, 6.45) is 1.88. The van der Waals surface area contributed by atoms with Gasteiger partial charge in [-0.3, -0.25) is 4.79 Å². The maximum Gasteiger partial charge on any atom is 0.282 e. The molecule has 0 atom stereocenters. The van der Waals surface area contributed by atoms with Crippen molar-refractivity contribution in [3.05, 3.63) is 63.7 Å². The summed E-state index contributed by atoms with van der Waals surface area (Å²) in [5.74, 6) is -0.132. The highest BCUT2D eigenvalue weighted by Crippen LogP contribution is 2.31. The first kappa shape index (κ1) is 15.0. The van der Waals surface area contributed by atoms with Gasteiger partial charge in [-0.15, -0.1) is 11.3 Å². The molecule has 1 aliphatic heterocycles. The summed E-state index contributed by atoms with van der Waals surface area (Å²) in [6, 6.07) is 11.9. The van der Waals surface area contributed by atoms with Gasteiger partial charge in [0.2, 0.25) is 5.13 Å². The molecule has 4 nitrogen and oxygen atoms in total. The first-order valence-corrected chi connectivity index (χ1v) is 9.19. The van der Waals surface area contributed by atoms with Gasteiger partial charge in [-0.05, 0) is 35.4 Å². The second kappa shape index (κ2) is 6.14. The van der Waals surface area contributed by atoms with Crippen molar-refractivity contribution in [2.75, 3.05) is 5.01 Å². The van der Waals surface area contributed by atoms with E-state index in [1.165, 1.54) is 16.3 Å². The Morgan fingerprint density at radius 1 is 1.12 bits per heavy atom. The molecule has 0 fully saturated rings. The molecule has 118 valence electrons. The Morgan fingerprint density at radius 3 is 2.71 bits per heavy atom. The fourth-order valence-corrected chi connectivity index (χ4v) is 3.84. The molecule has 3 aromatic rings. The van der Waals surface area contributed by atoms with E-state index in [-0.39, 0.29) is 5.91 Å². The quantitative estimate of drug-likeness (QED) is 0.643. The van der Waals surface area contributed by atoms with Gasteiger partial charge in [-0.1, -0.05) is 30.3 Å². The van der Waals surface area contributed by atoms with Gasteiger partial charge in [0.05, 0.1) is 17.0 Å². The molecule has 1 amide bonds. The molecule has 24 heavy (non-hydrogen) atoms. The van der Waals surface area contributed by atoms with Crippen LogP contribution in [0.25, 0.3) is 17.3 Å². The highest BCUT2D eigenvalue weighted by molar-refractivity contribution is 7.14. The summed E-state index contributed by atoms with van der Waals surface area (Å²) in [5, 5.41) is 12.3. The summed E-state index contributed by atoms with van der Waals surface area (Å²) < 4.78 is 0. The average Bonchev–Trinajstić information content (AvgIpc) is 3.33. The van der Waals surface area contributed by atoms with E-state index in [9.17, 15) is 4.79 Å². The standard InChI is InChI=1S/C18H13N3OS2/c1-12-15(9-13-7-8-23-10-13)17(22)21(20-12)18-19-16(11-24-18)14-5-3-2-4-6-14/h2-11H,1H3/b15-9+. The Labute approximate surface area is 147 Å². The third-order valence-electron chi connectivity index (χ3n) is 3.66. The first-order valence-electron chi connectivity index (χ1n) is 7.37. The predicted octanol–water partition coefficient (Wildman–Crippen LogP) is 4.68. The second-order valence-electron chi connectivity index (χ2n) is 5.30. The molecule has 0 spiro atoms. The monoisotopic (exact) mass is 351 g/mol. The molecule has 0 radical (unpaired) electrons. The van der Waals surface area contributed by atoms with Crippen LogP contribution in [0.2, 0.25) is 0 Å². The molecule has 0 unspecified atom stereocenters. The first-order chi connectivity index (χ1) is 11.7. The lowest BCUT2D eigenvalue weighted by atomic mass is 10.1. The van der Waals surface area contributed by atoms with Gasteiger partial charge < -0.3 is 0 Å². The van der Waals surface area contributed by atoms with Crippen molar-refractivity contribution in [1.82, 2.24) is 4.98 Å². The summed E-state index contributed by atoms with van der Waals surface area (Å²) in [7, 11) is 0. The van der Waals surface area contributed by atoms with Gasteiger partial charge in [0.15, 0.2) is 0 Å². The molecule has 0 aliphatic carbocycles. The van der Waals surface area contributed by atoms with Crippen LogP contribution in [0.5, 0.6) is 0 Å². The molecule has 0 N–H and O–H groups in total. The number of anilines is 1. The smallest absolute Gasteiger partial charge is 0.267 e. The van der Waals surface area contributed by atoms with Crippen molar-refractivity contribution in [2.45, 2.75) is 6.92 Å². The Balaban J connectivity index is 1.64. The molecule has 1 aromatic carbocycles. The van der Waals surface area contributed by atoms with Crippen molar-refractivity contribution in [3.8, 4) is 11.3 Å². The maximum absolute atomic E-state index is 12.7. The van der Waals surface area contributed by atoms with E-state index >= 15 is 0 Å². The van der Waals surface area contributed by atoms with E-state index < -0.39 is 0 Å². The number of carbonyl (C=O) groups is 1. The van der Waals surface area contributed by atoms with Crippen LogP contribution in [0.1, 0.15) is 12.5 Å². The third kappa shape index (κ3) is 2.70. The van der Waals surface area contributed by atoms with Crippen LogP contribution in [-0.2, 0) is 4.79 Å². The van der Waals surface area contributed by atoms with Crippen molar-refractivity contribution < 1.29 is 4.79 Å². The van der Waals surface area contributed by atoms with Crippen molar-refractivity contribution in [1.29, 1.82) is 0 Å². The molecule has 2 aromatic heterocycles. The zero-order valence-corrected chi connectivity index (χ0v) is 14.5. The number of nitrogens with zero attached hydrogens (tertiary/aromatic N) is 3. The minimum absolute atomic E-state index is 0.132. The number of thiophene rings is 1. The van der Waals surface area contributed by atoms with E-state index in [0.717, 1.165) is 16.8 Å². The molecule has 0 saturated carbocycles. The Hall–Kier alpha value is -2.57. The predicted molar refractivity (Wildman–Crippen MR) is 100 cm³/mol. The number of carbonyl (C=O) groups excluding carboxylic acids is 1. The third-order valence-corrected chi connectivity index (χ3v) is 5.18. The van der Waals surface area contributed by atoms with Crippen LogP contribution in [0.4, 0.5) is 5.13 Å². The van der Waals surface area contributed by atoms with Gasteiger partial charge in [0, 0.05) is 10.9 Å². The van der Waals surface area contributed by atoms with Crippen LogP contribution in [0.15, 0.2) is 63.2 Å². The van der Waals surface area contributed by atoms with Crippen LogP contribution < -0.4 is 5.01 Å². The zero-order chi connectivity index (χ0) is 16.5. The number of benzene rings is 1. The minimum Gasteiger partial charge on any atom is -0.267 e. The topological polar surface area (TPSA) is 45.6 Å². The van der Waals surface area contributed by atoms with Gasteiger partial charge in [0.25, 0.3) is 5.91 Å². The lowest BCUT2D eigenvalue weighted by molar-refractivity contribution is -0.114. The summed E-state index contributed by atoms with van der Waals surface area (Å²) in [6.45, 7) is 1.85. The number of aromatic nitrogens is 1. The lowest BCUT2D eigenvalue weighted by Gasteiger charge is -2.06. The maximum atomic E-state index is 12.7. The number of rotatable bonds is 3. The van der Waals surface area contributed by atoms with Crippen LogP contribution in [0.3, 0.4) is 0 Å². The van der Waals surface area contributed by atoms with Gasteiger partial charge >= 0.3 is 0 Å². The molecule has 3 heterocycles. The SMILES string of the molecule is CC1=NN(c2nc(-c3ccccc3)cs2)C(=O)/C1=C/c1ccsc1. The second-order valence-corrected chi connectivity index (χ2v) is 6.91. The van der Waals surface area contributed by atoms with Crippen molar-refractivity contribution >= 4 is 45.5 Å². The van der Waals surface area contributed by atoms with Gasteiger partial charge in [-0.25, -0.2) is 4.98 Å². The fraction of sp³-hybridized carbons (Fsp3) is 0.0556. The van der Waals surface area contributed by atoms with Crippen LogP contribution in [-0.4, -0.2) is 16.6 Å². The van der Waals surface area contributed by atoms with E-state index in [1.807, 2.05) is 65.5 Å². The van der Waals surface area contributed by atoms with E-state index in [4.69, 9.17) is 0 Å². The van der Waals surface area contributed by atoms with Crippen molar-refractivity contribution in [2.24, 2.45) is 5.10 Å². The van der Waals surface area contributed by atoms with E-state index in [2.05, 4.69) is 10.1 Å². The molecule has 6 heteroatoms. The summed E-state index contributed by atoms with van der Waals surface area (Å²) >= 11 is 3.02. The number of amides is 1. The minimum atomic E-state index is -0.132. The van der Waals surface area contributed by atoms with Crippen LogP contribution in [0, 0.1) is 0 Å². The van der Waals surface area contributed by atoms with Gasteiger partial charge in [0.1, 0.15) is 0 Å². The molecule has 1 aliphatic rings. The zero-order valence-electron chi connectivity index (χ0n) is 12.8. The number of thiazole rings is 1. The summed E-state index contributed by atoms with van der Waals surface area (Å²) in [5.41, 5.74) is 4.23. The van der Waals surface area contributed by atoms with E-state index in [1.54, 1.807) is 11.3 Å². The summed E-state index contributed by atoms with van der Waals surface area (Å²) in [4.78, 5) is 17.3. The molecular formula is C18H13N3OS2. The number of hydrazone groups is 1. The fourth-order valence-electron chi connectivity index (χ4n) is 2.44. The van der Waals surface area contributed by atoms with E-state index in [0.29, 0.717) is 16.4 Å². The Bertz CT molecular complexity index is 940. The molecular weight excluding hydrogens is 338 g/mol. The highest BCUT2D eigenvalue weighted by atomic mass is 32.1. The molecule has 0 saturated heterocycles. The largest absolute Gasteiger partial charge is 0.282 e. The lowest BCUT2D eigenvalue weighted by Crippen LogP contribution is -2.21. The highest BCUT2D eigenvalue weighted by Gasteiger charge is 2.30.